The van der Waals surface area contributed by atoms with E-state index in [1.807, 2.05) is 4.98 Å². The maximum Gasteiger partial charge on any atom is 0.339 e. The van der Waals surface area contributed by atoms with E-state index in [0.29, 0.717) is 0 Å². The third-order valence-electron chi connectivity index (χ3n) is 2.04. The van der Waals surface area contributed by atoms with Gasteiger partial charge >= 0.3 is 11.7 Å². The average Bonchev–Trinajstić information content (AvgIpc) is 2.15. The number of hydrogen-bond donors (Lipinski definition) is 4. The highest BCUT2D eigenvalue weighted by Gasteiger charge is 2.14. The van der Waals surface area contributed by atoms with Crippen molar-refractivity contribution < 1.29 is 9.90 Å². The molecular formula is C8H6N4O4. The highest BCUT2D eigenvalue weighted by molar-refractivity contribution is 6.01. The topological polar surface area (TPSA) is 142 Å². The molecule has 82 valence electrons. The fraction of sp³-hybridized carbons (Fsp3) is 0. The SMILES string of the molecule is Nc1c(C(=O)O)cnc2[nH]c(=O)[nH]c(=O)c12. The van der Waals surface area contributed by atoms with Crippen LogP contribution in [0.2, 0.25) is 0 Å². The molecule has 0 aliphatic heterocycles. The van der Waals surface area contributed by atoms with Gasteiger partial charge < -0.3 is 10.8 Å². The van der Waals surface area contributed by atoms with Gasteiger partial charge in [0.05, 0.1) is 5.69 Å². The van der Waals surface area contributed by atoms with Gasteiger partial charge in [-0.25, -0.2) is 14.6 Å². The molecule has 2 aromatic rings. The molecule has 8 nitrogen and oxygen atoms in total. The molecule has 0 spiro atoms. The number of carboxylic acid groups (broad SMARTS) is 1. The number of carboxylic acids is 1. The summed E-state index contributed by atoms with van der Waals surface area (Å²) < 4.78 is 0. The minimum absolute atomic E-state index is 0.0451. The molecule has 0 aliphatic rings. The van der Waals surface area contributed by atoms with E-state index in [4.69, 9.17) is 10.8 Å². The summed E-state index contributed by atoms with van der Waals surface area (Å²) in [6.07, 6.45) is 0.982. The zero-order chi connectivity index (χ0) is 11.9. The fourth-order valence-corrected chi connectivity index (χ4v) is 1.32. The zero-order valence-corrected chi connectivity index (χ0v) is 7.77. The molecular weight excluding hydrogens is 216 g/mol. The van der Waals surface area contributed by atoms with Crippen molar-refractivity contribution in [1.29, 1.82) is 0 Å². The molecule has 0 saturated heterocycles. The first kappa shape index (κ1) is 9.90. The molecule has 0 fully saturated rings. The van der Waals surface area contributed by atoms with Crippen LogP contribution in [-0.4, -0.2) is 26.0 Å². The third-order valence-corrected chi connectivity index (χ3v) is 2.04. The smallest absolute Gasteiger partial charge is 0.339 e. The third kappa shape index (κ3) is 1.32. The number of aromatic carboxylic acids is 1. The quantitative estimate of drug-likeness (QED) is 0.482. The van der Waals surface area contributed by atoms with Gasteiger partial charge in [-0.2, -0.15) is 0 Å². The monoisotopic (exact) mass is 222 g/mol. The second kappa shape index (κ2) is 3.19. The standard InChI is InChI=1S/C8H6N4O4/c9-4-2(7(14)15)1-10-5-3(4)6(13)12-8(16)11-5/h1H,(H,14,15)(H4,9,10,11,12,13,16). The van der Waals surface area contributed by atoms with Crippen molar-refractivity contribution in [2.24, 2.45) is 0 Å². The Labute approximate surface area is 86.8 Å². The number of nitrogens with zero attached hydrogens (tertiary/aromatic N) is 1. The van der Waals surface area contributed by atoms with Gasteiger partial charge in [-0.1, -0.05) is 0 Å². The number of fused-ring (bicyclic) bond motifs is 1. The number of nitrogen functional groups attached to an aromatic ring is 1. The second-order valence-electron chi connectivity index (χ2n) is 3.02. The Bertz CT molecular complexity index is 699. The number of pyridine rings is 1. The molecule has 0 unspecified atom stereocenters. The van der Waals surface area contributed by atoms with Crippen molar-refractivity contribution in [3.05, 3.63) is 32.6 Å². The molecule has 0 aliphatic carbocycles. The Balaban J connectivity index is 3.01. The van der Waals surface area contributed by atoms with Crippen LogP contribution in [0.3, 0.4) is 0 Å². The average molecular weight is 222 g/mol. The lowest BCUT2D eigenvalue weighted by molar-refractivity contribution is 0.0698. The number of carbonyl (C=O) groups is 1. The van der Waals surface area contributed by atoms with Crippen molar-refractivity contribution >= 4 is 22.7 Å². The molecule has 0 radical (unpaired) electrons. The summed E-state index contributed by atoms with van der Waals surface area (Å²) in [6, 6.07) is 0. The number of H-pyrrole nitrogens is 2. The van der Waals surface area contributed by atoms with Gasteiger partial charge in [0.1, 0.15) is 16.6 Å². The largest absolute Gasteiger partial charge is 0.478 e. The first-order valence-corrected chi connectivity index (χ1v) is 4.15. The van der Waals surface area contributed by atoms with Crippen LogP contribution in [-0.2, 0) is 0 Å². The number of anilines is 1. The molecule has 2 rings (SSSR count). The van der Waals surface area contributed by atoms with Crippen molar-refractivity contribution in [3.63, 3.8) is 0 Å². The van der Waals surface area contributed by atoms with E-state index in [1.54, 1.807) is 0 Å². The van der Waals surface area contributed by atoms with Crippen molar-refractivity contribution in [3.8, 4) is 0 Å². The van der Waals surface area contributed by atoms with Gasteiger partial charge in [-0.05, 0) is 0 Å². The van der Waals surface area contributed by atoms with Gasteiger partial charge in [-0.15, -0.1) is 0 Å². The summed E-state index contributed by atoms with van der Waals surface area (Å²) in [5.74, 6) is -1.29. The van der Waals surface area contributed by atoms with E-state index in [1.165, 1.54) is 0 Å². The van der Waals surface area contributed by atoms with Gasteiger partial charge in [0.2, 0.25) is 0 Å². The van der Waals surface area contributed by atoms with Crippen molar-refractivity contribution in [2.45, 2.75) is 0 Å². The number of nitrogens with one attached hydrogen (secondary N) is 2. The van der Waals surface area contributed by atoms with Gasteiger partial charge in [0.25, 0.3) is 5.56 Å². The molecule has 0 aromatic carbocycles. The Morgan fingerprint density at radius 3 is 2.69 bits per heavy atom. The summed E-state index contributed by atoms with van der Waals surface area (Å²) in [7, 11) is 0. The minimum Gasteiger partial charge on any atom is -0.478 e. The Hall–Kier alpha value is -2.64. The van der Waals surface area contributed by atoms with E-state index in [9.17, 15) is 14.4 Å². The van der Waals surface area contributed by atoms with Crippen LogP contribution in [0.15, 0.2) is 15.8 Å². The predicted molar refractivity (Wildman–Crippen MR) is 54.4 cm³/mol. The number of aromatic nitrogens is 3. The molecule has 0 atom stereocenters. The molecule has 2 heterocycles. The van der Waals surface area contributed by atoms with Crippen LogP contribution in [0.5, 0.6) is 0 Å². The molecule has 8 heteroatoms. The van der Waals surface area contributed by atoms with Crippen LogP contribution < -0.4 is 17.0 Å². The number of aromatic amines is 2. The lowest BCUT2D eigenvalue weighted by atomic mass is 10.2. The highest BCUT2D eigenvalue weighted by Crippen LogP contribution is 2.16. The van der Waals surface area contributed by atoms with Crippen molar-refractivity contribution in [2.75, 3.05) is 5.73 Å². The van der Waals surface area contributed by atoms with Crippen LogP contribution in [0, 0.1) is 0 Å². The molecule has 0 saturated carbocycles. The van der Waals surface area contributed by atoms with E-state index in [0.717, 1.165) is 6.20 Å². The molecule has 0 amide bonds. The number of nitrogens with two attached hydrogens (primary N) is 1. The zero-order valence-electron chi connectivity index (χ0n) is 7.77. The molecule has 16 heavy (non-hydrogen) atoms. The van der Waals surface area contributed by atoms with Crippen LogP contribution >= 0.6 is 0 Å². The lowest BCUT2D eigenvalue weighted by Gasteiger charge is -2.02. The Morgan fingerprint density at radius 2 is 2.06 bits per heavy atom. The van der Waals surface area contributed by atoms with E-state index < -0.39 is 17.2 Å². The normalized spacial score (nSPS) is 10.5. The molecule has 5 N–H and O–H groups in total. The summed E-state index contributed by atoms with van der Waals surface area (Å²) in [6.45, 7) is 0. The van der Waals surface area contributed by atoms with Gasteiger partial charge in [-0.3, -0.25) is 14.8 Å². The first-order valence-electron chi connectivity index (χ1n) is 4.15. The Morgan fingerprint density at radius 1 is 1.38 bits per heavy atom. The number of hydrogen-bond acceptors (Lipinski definition) is 5. The number of rotatable bonds is 1. The second-order valence-corrected chi connectivity index (χ2v) is 3.02. The van der Waals surface area contributed by atoms with Crippen molar-refractivity contribution in [1.82, 2.24) is 15.0 Å². The summed E-state index contributed by atoms with van der Waals surface area (Å²) in [4.78, 5) is 40.9. The van der Waals surface area contributed by atoms with Crippen LogP contribution in [0.25, 0.3) is 11.0 Å². The fourth-order valence-electron chi connectivity index (χ4n) is 1.32. The summed E-state index contributed by atoms with van der Waals surface area (Å²) in [5.41, 5.74) is 3.45. The molecule has 0 bridgehead atoms. The van der Waals surface area contributed by atoms with Crippen LogP contribution in [0.1, 0.15) is 10.4 Å². The summed E-state index contributed by atoms with van der Waals surface area (Å²) >= 11 is 0. The van der Waals surface area contributed by atoms with E-state index in [2.05, 4.69) is 9.97 Å². The Kier molecular flexibility index (Phi) is 1.97. The van der Waals surface area contributed by atoms with Gasteiger partial charge in [0.15, 0.2) is 0 Å². The molecule has 2 aromatic heterocycles. The maximum absolute atomic E-state index is 11.4. The maximum atomic E-state index is 11.4. The highest BCUT2D eigenvalue weighted by atomic mass is 16.4. The lowest BCUT2D eigenvalue weighted by Crippen LogP contribution is -2.24. The van der Waals surface area contributed by atoms with E-state index in [-0.39, 0.29) is 22.3 Å². The van der Waals surface area contributed by atoms with Gasteiger partial charge in [0, 0.05) is 6.20 Å². The minimum atomic E-state index is -1.29. The van der Waals surface area contributed by atoms with Crippen LogP contribution in [0.4, 0.5) is 5.69 Å². The summed E-state index contributed by atoms with van der Waals surface area (Å²) in [5, 5.41) is 8.63. The predicted octanol–water partition coefficient (Wildman–Crippen LogP) is -1.11. The first-order chi connectivity index (χ1) is 7.50. The van der Waals surface area contributed by atoms with E-state index >= 15 is 0 Å².